The van der Waals surface area contributed by atoms with Gasteiger partial charge in [-0.15, -0.1) is 0 Å². The third-order valence-corrected chi connectivity index (χ3v) is 0. The fourth-order valence-electron chi connectivity index (χ4n) is 0. The van der Waals surface area contributed by atoms with Gasteiger partial charge in [-0.3, -0.25) is 0 Å². The summed E-state index contributed by atoms with van der Waals surface area (Å²) < 4.78 is 0. The average molecular weight is 550 g/mol. The van der Waals surface area contributed by atoms with E-state index in [9.17, 15) is 0 Å². The molecule has 0 amide bonds. The van der Waals surface area contributed by atoms with Crippen molar-refractivity contribution in [1.82, 2.24) is 0 Å². The normalized spacial score (nSPS) is 0. The van der Waals surface area contributed by atoms with E-state index in [1.54, 1.807) is 0 Å². The molecular weight excluding hydrogens is 548 g/mol. The Balaban J connectivity index is 0. The monoisotopic (exact) mass is 550 g/mol. The van der Waals surface area contributed by atoms with E-state index in [1.165, 1.54) is 0 Å². The fraction of sp³-hybridized carbons (Fsp3) is 0. The summed E-state index contributed by atoms with van der Waals surface area (Å²) in [7, 11) is 0. The van der Waals surface area contributed by atoms with Gasteiger partial charge in [0.15, 0.2) is 0 Å². The third kappa shape index (κ3) is 18.9. The first-order chi connectivity index (χ1) is 0. The van der Waals surface area contributed by atoms with Gasteiger partial charge in [-0.05, 0) is 0 Å². The fourth-order valence-corrected chi connectivity index (χ4v) is 0. The Morgan fingerprint density at radius 3 is 0.600 bits per heavy atom. The maximum atomic E-state index is 0. The summed E-state index contributed by atoms with van der Waals surface area (Å²) in [5.41, 5.74) is 0. The van der Waals surface area contributed by atoms with Gasteiger partial charge in [-0.25, -0.2) is 0 Å². The Labute approximate surface area is 271 Å². The minimum absolute atomic E-state index is 0. The second kappa shape index (κ2) is 22.7. The van der Waals surface area contributed by atoms with Crippen LogP contribution in [0.2, 0.25) is 0 Å². The van der Waals surface area contributed by atoms with Crippen LogP contribution in [0.25, 0.3) is 0 Å². The van der Waals surface area contributed by atoms with E-state index in [2.05, 4.69) is 0 Å². The van der Waals surface area contributed by atoms with Crippen molar-refractivity contribution in [2.45, 2.75) is 0 Å². The van der Waals surface area contributed by atoms with Gasteiger partial charge in [0.1, 0.15) is 0 Å². The topological polar surface area (TPSA) is 28.5 Å². The summed E-state index contributed by atoms with van der Waals surface area (Å²) >= 11 is 0. The van der Waals surface area contributed by atoms with Gasteiger partial charge in [-0.2, -0.15) is 0 Å². The SMILES string of the molecule is [Cs+].[Cs+].[Cs+].[Cs+].[H-].[H-].[O-2]. The summed E-state index contributed by atoms with van der Waals surface area (Å²) in [5.74, 6) is 0. The first kappa shape index (κ1) is 29.2. The van der Waals surface area contributed by atoms with E-state index in [0.29, 0.717) is 0 Å². The standard InChI is InChI=1S/4Cs.O.2H/q4*+1;-2;2*-1. The molecule has 0 bridgehead atoms. The molecule has 0 aromatic rings. The summed E-state index contributed by atoms with van der Waals surface area (Å²) in [5, 5.41) is 0. The third-order valence-electron chi connectivity index (χ3n) is 0. The number of hydrogen-bond donors (Lipinski definition) is 0. The summed E-state index contributed by atoms with van der Waals surface area (Å²) in [6.07, 6.45) is 0. The zero-order valence-corrected chi connectivity index (χ0v) is 29.5. The van der Waals surface area contributed by atoms with Crippen LogP contribution in [0.1, 0.15) is 2.85 Å². The Bertz CT molecular complexity index is 9.65. The molecule has 5 heavy (non-hydrogen) atoms. The van der Waals surface area contributed by atoms with Crippen LogP contribution in [0.5, 0.6) is 0 Å². The molecule has 0 aliphatic heterocycles. The molecule has 0 radical (unpaired) electrons. The van der Waals surface area contributed by atoms with Crippen LogP contribution >= 0.6 is 0 Å². The molecule has 0 rings (SSSR count). The molecular formula is H2Cs4O. The molecule has 1 nitrogen and oxygen atoms in total. The molecule has 0 aromatic heterocycles. The van der Waals surface area contributed by atoms with Crippen molar-refractivity contribution >= 4 is 0 Å². The van der Waals surface area contributed by atoms with Gasteiger partial charge in [0.25, 0.3) is 0 Å². The second-order valence-electron chi connectivity index (χ2n) is 0. The average Bonchev–Trinajstić information content (AvgIpc) is 0. The van der Waals surface area contributed by atoms with Crippen molar-refractivity contribution in [2.75, 3.05) is 0 Å². The minimum atomic E-state index is 0. The van der Waals surface area contributed by atoms with Crippen molar-refractivity contribution in [1.29, 1.82) is 0 Å². The van der Waals surface area contributed by atoms with E-state index in [1.807, 2.05) is 0 Å². The predicted molar refractivity (Wildman–Crippen MR) is 2.91 cm³/mol. The molecule has 0 aromatic carbocycles. The van der Waals surface area contributed by atoms with Crippen LogP contribution in [0.15, 0.2) is 0 Å². The van der Waals surface area contributed by atoms with E-state index < -0.39 is 0 Å². The summed E-state index contributed by atoms with van der Waals surface area (Å²) in [6.45, 7) is 0. The molecule has 5 heteroatoms. The molecule has 0 aliphatic carbocycles. The van der Waals surface area contributed by atoms with Gasteiger partial charge in [0, 0.05) is 0 Å². The van der Waals surface area contributed by atoms with Gasteiger partial charge in [-0.1, -0.05) is 0 Å². The summed E-state index contributed by atoms with van der Waals surface area (Å²) in [6, 6.07) is 0. The number of hydrogen-bond acceptors (Lipinski definition) is 0. The van der Waals surface area contributed by atoms with Crippen LogP contribution < -0.4 is 276 Å². The van der Waals surface area contributed by atoms with Crippen LogP contribution in [-0.2, 0) is 5.48 Å². The predicted octanol–water partition coefficient (Wildman–Crippen LogP) is -11.9. The van der Waals surface area contributed by atoms with Gasteiger partial charge in [0.05, 0.1) is 0 Å². The quantitative estimate of drug-likeness (QED) is 0.288. The molecule has 0 saturated carbocycles. The van der Waals surface area contributed by atoms with E-state index in [-0.39, 0.29) is 284 Å². The van der Waals surface area contributed by atoms with Crippen LogP contribution in [-0.4, -0.2) is 0 Å². The van der Waals surface area contributed by atoms with E-state index in [0.717, 1.165) is 0 Å². The number of rotatable bonds is 0. The van der Waals surface area contributed by atoms with Crippen molar-refractivity contribution < 1.29 is 284 Å². The van der Waals surface area contributed by atoms with Crippen LogP contribution in [0.4, 0.5) is 0 Å². The molecule has 0 N–H and O–H groups in total. The molecule has 0 fully saturated rings. The maximum Gasteiger partial charge on any atom is 1.00 e. The van der Waals surface area contributed by atoms with Crippen molar-refractivity contribution in [3.8, 4) is 0 Å². The molecule has 0 heterocycles. The molecule has 0 saturated heterocycles. The van der Waals surface area contributed by atoms with Gasteiger partial charge < -0.3 is 8.33 Å². The van der Waals surface area contributed by atoms with Crippen LogP contribution in [0, 0.1) is 0 Å². The Kier molecular flexibility index (Phi) is 133. The van der Waals surface area contributed by atoms with Crippen LogP contribution in [0.3, 0.4) is 0 Å². The second-order valence-corrected chi connectivity index (χ2v) is 0. The zero-order chi connectivity index (χ0) is 0. The minimum Gasteiger partial charge on any atom is -2.00 e. The van der Waals surface area contributed by atoms with Crippen molar-refractivity contribution in [3.63, 3.8) is 0 Å². The Morgan fingerprint density at radius 1 is 0.600 bits per heavy atom. The first-order valence-electron chi connectivity index (χ1n) is 0. The molecule has 0 unspecified atom stereocenters. The maximum absolute atomic E-state index is 0. The molecule has 0 atom stereocenters. The van der Waals surface area contributed by atoms with Gasteiger partial charge >= 0.3 is 276 Å². The molecule has 12 valence electrons. The van der Waals surface area contributed by atoms with E-state index in [4.69, 9.17) is 0 Å². The molecule has 0 spiro atoms. The molecule has 0 aliphatic rings. The zero-order valence-electron chi connectivity index (χ0n) is 6.41. The first-order valence-corrected chi connectivity index (χ1v) is 0. The van der Waals surface area contributed by atoms with Gasteiger partial charge in [0.2, 0.25) is 0 Å². The Hall–Kier alpha value is 8.17. The Morgan fingerprint density at radius 2 is 0.600 bits per heavy atom. The van der Waals surface area contributed by atoms with E-state index >= 15 is 0 Å². The largest absolute Gasteiger partial charge is 2.00 e. The smallest absolute Gasteiger partial charge is 1.00 e. The van der Waals surface area contributed by atoms with Crippen molar-refractivity contribution in [3.05, 3.63) is 0 Å². The van der Waals surface area contributed by atoms with Crippen molar-refractivity contribution in [2.24, 2.45) is 0 Å². The summed E-state index contributed by atoms with van der Waals surface area (Å²) in [4.78, 5) is 0.